The van der Waals surface area contributed by atoms with Crippen molar-refractivity contribution in [1.29, 1.82) is 0 Å². The minimum atomic E-state index is -3.07. The third-order valence-corrected chi connectivity index (χ3v) is 6.39. The van der Waals surface area contributed by atoms with Gasteiger partial charge in [0, 0.05) is 6.54 Å². The zero-order valence-electron chi connectivity index (χ0n) is 11.8. The molecular formula is C16H23NO2S. The second-order valence-electron chi connectivity index (χ2n) is 6.14. The van der Waals surface area contributed by atoms with Crippen LogP contribution in [0.2, 0.25) is 0 Å². The Morgan fingerprint density at radius 3 is 2.20 bits per heavy atom. The van der Waals surface area contributed by atoms with Crippen LogP contribution >= 0.6 is 0 Å². The zero-order chi connectivity index (χ0) is 14.0. The van der Waals surface area contributed by atoms with Gasteiger partial charge in [-0.1, -0.05) is 43.5 Å². The molecule has 0 saturated heterocycles. The molecule has 0 spiro atoms. The van der Waals surface area contributed by atoms with E-state index in [4.69, 9.17) is 0 Å². The monoisotopic (exact) mass is 293 g/mol. The number of hydrogen-bond acceptors (Lipinski definition) is 2. The van der Waals surface area contributed by atoms with E-state index in [9.17, 15) is 8.42 Å². The number of nitrogens with one attached hydrogen (secondary N) is 1. The number of benzene rings is 1. The van der Waals surface area contributed by atoms with Crippen LogP contribution in [0.1, 0.15) is 62.0 Å². The fourth-order valence-corrected chi connectivity index (χ4v) is 4.38. The van der Waals surface area contributed by atoms with Crippen molar-refractivity contribution in [3.05, 3.63) is 35.4 Å². The van der Waals surface area contributed by atoms with E-state index in [-0.39, 0.29) is 5.25 Å². The first-order valence-corrected chi connectivity index (χ1v) is 9.27. The summed E-state index contributed by atoms with van der Waals surface area (Å²) in [6.45, 7) is 0.420. The summed E-state index contributed by atoms with van der Waals surface area (Å²) in [6, 6.07) is 8.49. The molecule has 0 heterocycles. The Morgan fingerprint density at radius 1 is 0.950 bits per heavy atom. The van der Waals surface area contributed by atoms with E-state index in [0.717, 1.165) is 18.4 Å². The van der Waals surface area contributed by atoms with E-state index in [0.29, 0.717) is 12.5 Å². The maximum atomic E-state index is 11.8. The lowest BCUT2D eigenvalue weighted by Gasteiger charge is -2.22. The molecule has 3 rings (SSSR count). The van der Waals surface area contributed by atoms with Crippen LogP contribution in [0.4, 0.5) is 0 Å². The molecule has 4 heteroatoms. The van der Waals surface area contributed by atoms with Gasteiger partial charge in [-0.2, -0.15) is 0 Å². The van der Waals surface area contributed by atoms with Gasteiger partial charge < -0.3 is 0 Å². The third kappa shape index (κ3) is 3.41. The van der Waals surface area contributed by atoms with E-state index in [1.807, 2.05) is 0 Å². The van der Waals surface area contributed by atoms with Crippen LogP contribution in [0.5, 0.6) is 0 Å². The second kappa shape index (κ2) is 5.86. The molecular weight excluding hydrogens is 270 g/mol. The Morgan fingerprint density at radius 2 is 1.60 bits per heavy atom. The highest BCUT2D eigenvalue weighted by Crippen LogP contribution is 2.32. The number of rotatable bonds is 5. The fourth-order valence-electron chi connectivity index (χ4n) is 3.02. The van der Waals surface area contributed by atoms with Crippen LogP contribution in [-0.2, 0) is 16.6 Å². The lowest BCUT2D eigenvalue weighted by atomic mass is 9.84. The molecule has 0 amide bonds. The summed E-state index contributed by atoms with van der Waals surface area (Å²) in [5.74, 6) is 0.709. The predicted octanol–water partition coefficient (Wildman–Crippen LogP) is 3.32. The van der Waals surface area contributed by atoms with Crippen molar-refractivity contribution in [3.63, 3.8) is 0 Å². The van der Waals surface area contributed by atoms with E-state index in [2.05, 4.69) is 29.0 Å². The lowest BCUT2D eigenvalue weighted by Crippen LogP contribution is -2.26. The van der Waals surface area contributed by atoms with Crippen molar-refractivity contribution < 1.29 is 8.42 Å². The van der Waals surface area contributed by atoms with Gasteiger partial charge in [-0.15, -0.1) is 0 Å². The van der Waals surface area contributed by atoms with Crippen molar-refractivity contribution in [3.8, 4) is 0 Å². The Hall–Kier alpha value is -0.870. The molecule has 2 aliphatic carbocycles. The summed E-state index contributed by atoms with van der Waals surface area (Å²) in [6.07, 6.45) is 8.28. The smallest absolute Gasteiger partial charge is 0.212 e. The average Bonchev–Trinajstić information content (AvgIpc) is 3.32. The van der Waals surface area contributed by atoms with Gasteiger partial charge >= 0.3 is 0 Å². The summed E-state index contributed by atoms with van der Waals surface area (Å²) >= 11 is 0. The molecule has 0 bridgehead atoms. The van der Waals surface area contributed by atoms with Gasteiger partial charge in [0.15, 0.2) is 0 Å². The van der Waals surface area contributed by atoms with Gasteiger partial charge in [0.2, 0.25) is 10.0 Å². The zero-order valence-corrected chi connectivity index (χ0v) is 12.7. The highest BCUT2D eigenvalue weighted by atomic mass is 32.2. The third-order valence-electron chi connectivity index (χ3n) is 4.50. The van der Waals surface area contributed by atoms with E-state index in [1.54, 1.807) is 0 Å². The van der Waals surface area contributed by atoms with Gasteiger partial charge in [0.25, 0.3) is 0 Å². The van der Waals surface area contributed by atoms with Crippen molar-refractivity contribution in [2.45, 2.75) is 62.7 Å². The first-order chi connectivity index (χ1) is 9.65. The standard InChI is InChI=1S/C16H23NO2S/c18-20(19,16-10-11-16)17-12-13-6-8-15(9-7-13)14-4-2-1-3-5-14/h6-9,14,16-17H,1-5,10-12H2. The van der Waals surface area contributed by atoms with Gasteiger partial charge in [0.1, 0.15) is 0 Å². The Labute approximate surface area is 121 Å². The summed E-state index contributed by atoms with van der Waals surface area (Å²) in [5, 5.41) is -0.135. The molecule has 0 aliphatic heterocycles. The van der Waals surface area contributed by atoms with Crippen molar-refractivity contribution >= 4 is 10.0 Å². The summed E-state index contributed by atoms with van der Waals surface area (Å²) < 4.78 is 26.2. The minimum absolute atomic E-state index is 0.135. The first-order valence-electron chi connectivity index (χ1n) is 7.72. The average molecular weight is 293 g/mol. The van der Waals surface area contributed by atoms with Gasteiger partial charge in [-0.3, -0.25) is 0 Å². The second-order valence-corrected chi connectivity index (χ2v) is 8.19. The minimum Gasteiger partial charge on any atom is -0.212 e. The predicted molar refractivity (Wildman–Crippen MR) is 81.0 cm³/mol. The van der Waals surface area contributed by atoms with Crippen LogP contribution in [0.25, 0.3) is 0 Å². The van der Waals surface area contributed by atoms with Crippen LogP contribution in [0.15, 0.2) is 24.3 Å². The van der Waals surface area contributed by atoms with E-state index >= 15 is 0 Å². The van der Waals surface area contributed by atoms with Crippen molar-refractivity contribution in [1.82, 2.24) is 4.72 Å². The molecule has 3 nitrogen and oxygen atoms in total. The molecule has 2 fully saturated rings. The lowest BCUT2D eigenvalue weighted by molar-refractivity contribution is 0.443. The van der Waals surface area contributed by atoms with E-state index in [1.165, 1.54) is 37.7 Å². The number of hydrogen-bond donors (Lipinski definition) is 1. The summed E-state index contributed by atoms with van der Waals surface area (Å²) in [7, 11) is -3.07. The SMILES string of the molecule is O=S(=O)(NCc1ccc(C2CCCCC2)cc1)C1CC1. The Kier molecular flexibility index (Phi) is 4.13. The summed E-state index contributed by atoms with van der Waals surface area (Å²) in [4.78, 5) is 0. The molecule has 110 valence electrons. The highest BCUT2D eigenvalue weighted by Gasteiger charge is 2.35. The molecule has 0 aromatic heterocycles. The summed E-state index contributed by atoms with van der Waals surface area (Å²) in [5.41, 5.74) is 2.47. The van der Waals surface area contributed by atoms with Crippen LogP contribution in [-0.4, -0.2) is 13.7 Å². The molecule has 20 heavy (non-hydrogen) atoms. The van der Waals surface area contributed by atoms with Crippen molar-refractivity contribution in [2.24, 2.45) is 0 Å². The van der Waals surface area contributed by atoms with Crippen molar-refractivity contribution in [2.75, 3.05) is 0 Å². The van der Waals surface area contributed by atoms with E-state index < -0.39 is 10.0 Å². The first kappa shape index (κ1) is 14.1. The maximum Gasteiger partial charge on any atom is 0.214 e. The Bertz CT molecular complexity index is 540. The molecule has 2 saturated carbocycles. The molecule has 1 aromatic carbocycles. The molecule has 0 radical (unpaired) electrons. The normalized spacial score (nSPS) is 21.0. The largest absolute Gasteiger partial charge is 0.214 e. The van der Waals surface area contributed by atoms with Gasteiger partial charge in [-0.05, 0) is 42.7 Å². The fraction of sp³-hybridized carbons (Fsp3) is 0.625. The molecule has 0 unspecified atom stereocenters. The van der Waals surface area contributed by atoms with Crippen LogP contribution in [0, 0.1) is 0 Å². The van der Waals surface area contributed by atoms with Gasteiger partial charge in [0.05, 0.1) is 5.25 Å². The molecule has 2 aliphatic rings. The molecule has 1 N–H and O–H groups in total. The number of sulfonamides is 1. The topological polar surface area (TPSA) is 46.2 Å². The molecule has 1 aromatic rings. The van der Waals surface area contributed by atoms with Crippen LogP contribution < -0.4 is 4.72 Å². The molecule has 0 atom stereocenters. The van der Waals surface area contributed by atoms with Crippen LogP contribution in [0.3, 0.4) is 0 Å². The maximum absolute atomic E-state index is 11.8. The highest BCUT2D eigenvalue weighted by molar-refractivity contribution is 7.90. The van der Waals surface area contributed by atoms with Gasteiger partial charge in [-0.25, -0.2) is 13.1 Å². The Balaban J connectivity index is 1.58. The quantitative estimate of drug-likeness (QED) is 0.905.